The number of fused-ring (bicyclic) bond motifs is 1. The van der Waals surface area contributed by atoms with Gasteiger partial charge in [0.1, 0.15) is 11.5 Å². The van der Waals surface area contributed by atoms with Gasteiger partial charge in [0.25, 0.3) is 0 Å². The summed E-state index contributed by atoms with van der Waals surface area (Å²) in [6, 6.07) is 12.1. The van der Waals surface area contributed by atoms with Crippen molar-refractivity contribution in [3.8, 4) is 11.4 Å². The maximum atomic E-state index is 12.3. The lowest BCUT2D eigenvalue weighted by Gasteiger charge is -2.37. The van der Waals surface area contributed by atoms with Crippen LogP contribution in [0.1, 0.15) is 72.3 Å². The van der Waals surface area contributed by atoms with Crippen molar-refractivity contribution < 1.29 is 14.0 Å². The van der Waals surface area contributed by atoms with E-state index >= 15 is 0 Å². The molecule has 1 N–H and O–H groups in total. The first-order valence-electron chi connectivity index (χ1n) is 14.7. The van der Waals surface area contributed by atoms with E-state index in [9.17, 15) is 4.79 Å². The van der Waals surface area contributed by atoms with Crippen molar-refractivity contribution in [1.29, 1.82) is 0 Å². The molecule has 3 aromatic rings. The van der Waals surface area contributed by atoms with Crippen LogP contribution in [0.3, 0.4) is 0 Å². The topological polar surface area (TPSA) is 78.3 Å². The zero-order valence-corrected chi connectivity index (χ0v) is 27.3. The summed E-state index contributed by atoms with van der Waals surface area (Å²) in [5.41, 5.74) is 5.77. The number of nitrogens with one attached hydrogen (secondary N) is 1. The van der Waals surface area contributed by atoms with Gasteiger partial charge in [0.2, 0.25) is 0 Å². The Hall–Kier alpha value is -2.62. The van der Waals surface area contributed by atoms with Crippen molar-refractivity contribution in [3.05, 3.63) is 64.8 Å². The number of hydrogen-bond donors (Lipinski definition) is 1. The number of anilines is 1. The van der Waals surface area contributed by atoms with E-state index in [0.29, 0.717) is 18.1 Å². The number of benzene rings is 1. The molecule has 1 aliphatic carbocycles. The number of nitrogens with zero attached hydrogens (tertiary/aromatic N) is 3. The Morgan fingerprint density at radius 3 is 2.59 bits per heavy atom. The van der Waals surface area contributed by atoms with E-state index in [1.807, 2.05) is 48.3 Å². The van der Waals surface area contributed by atoms with E-state index in [2.05, 4.69) is 56.9 Å². The molecule has 2 atom stereocenters. The van der Waals surface area contributed by atoms with Gasteiger partial charge in [0.15, 0.2) is 8.32 Å². The molecule has 0 unspecified atom stereocenters. The fourth-order valence-corrected chi connectivity index (χ4v) is 7.72. The number of hydrogen-bond acceptors (Lipinski definition) is 7. The molecule has 1 aromatic carbocycles. The molecule has 2 aromatic heterocycles. The highest BCUT2D eigenvalue weighted by Crippen LogP contribution is 2.48. The number of carbonyl (C=O) groups excluding carboxylic acids is 1. The van der Waals surface area contributed by atoms with Crippen LogP contribution in [0, 0.1) is 12.8 Å². The van der Waals surface area contributed by atoms with Gasteiger partial charge < -0.3 is 14.5 Å². The van der Waals surface area contributed by atoms with E-state index in [4.69, 9.17) is 19.2 Å². The standard InChI is InChI=1S/C32H44N4O3SSi/c1-21-17-23(31(37)38-5)14-15-25(21)29-27-28(26-13-8-9-16-33-26)35-36(18-22-11-10-12-22)30(27)34-24(20-40-29)19-39-41(6,7)32(2,3)4/h8-9,13-17,22,24,29,34H,10-12,18-20H2,1-7H3/t24-,29+/m1/s1. The molecule has 9 heteroatoms. The Bertz CT molecular complexity index is 1380. The largest absolute Gasteiger partial charge is 0.465 e. The average Bonchev–Trinajstić information content (AvgIpc) is 3.15. The van der Waals surface area contributed by atoms with Gasteiger partial charge in [0, 0.05) is 24.1 Å². The quantitative estimate of drug-likeness (QED) is 0.215. The molecule has 1 aliphatic heterocycles. The first-order valence-corrected chi connectivity index (χ1v) is 18.7. The van der Waals surface area contributed by atoms with Gasteiger partial charge in [-0.05, 0) is 79.2 Å². The Labute approximate surface area is 249 Å². The number of esters is 1. The van der Waals surface area contributed by atoms with Crippen LogP contribution < -0.4 is 5.32 Å². The molecule has 7 nitrogen and oxygen atoms in total. The lowest BCUT2D eigenvalue weighted by molar-refractivity contribution is 0.0600. The molecular formula is C32H44N4O3SSi. The second-order valence-corrected chi connectivity index (χ2v) is 18.9. The Balaban J connectivity index is 1.60. The summed E-state index contributed by atoms with van der Waals surface area (Å²) in [5.74, 6) is 2.29. The number of aromatic nitrogens is 3. The van der Waals surface area contributed by atoms with Crippen molar-refractivity contribution in [3.63, 3.8) is 0 Å². The summed E-state index contributed by atoms with van der Waals surface area (Å²) < 4.78 is 13.9. The monoisotopic (exact) mass is 592 g/mol. The predicted octanol–water partition coefficient (Wildman–Crippen LogP) is 7.48. The number of thioether (sulfide) groups is 1. The number of rotatable bonds is 8. The number of aryl methyl sites for hydroxylation is 1. The molecule has 1 fully saturated rings. The number of methoxy groups -OCH3 is 1. The molecular weight excluding hydrogens is 549 g/mol. The van der Waals surface area contributed by atoms with Gasteiger partial charge >= 0.3 is 5.97 Å². The first-order chi connectivity index (χ1) is 19.5. The SMILES string of the molecule is COC(=O)c1ccc([C@@H]2SC[C@@H](CO[Si](C)(C)C(C)(C)C)Nc3c2c(-c2ccccn2)nn3CC2CCC2)c(C)c1. The van der Waals surface area contributed by atoms with Crippen LogP contribution in [0.25, 0.3) is 11.4 Å². The van der Waals surface area contributed by atoms with E-state index in [1.165, 1.54) is 31.9 Å². The molecule has 220 valence electrons. The van der Waals surface area contributed by atoms with Crippen molar-refractivity contribution in [2.45, 2.75) is 82.9 Å². The van der Waals surface area contributed by atoms with Gasteiger partial charge in [-0.2, -0.15) is 5.10 Å². The van der Waals surface area contributed by atoms with Gasteiger partial charge in [0.05, 0.1) is 36.3 Å². The minimum absolute atomic E-state index is 0.0224. The summed E-state index contributed by atoms with van der Waals surface area (Å²) in [7, 11) is -0.494. The smallest absolute Gasteiger partial charge is 0.337 e. The molecule has 41 heavy (non-hydrogen) atoms. The summed E-state index contributed by atoms with van der Waals surface area (Å²) in [6.45, 7) is 15.1. The normalized spacial score (nSPS) is 19.6. The van der Waals surface area contributed by atoms with E-state index < -0.39 is 8.32 Å². The molecule has 0 saturated heterocycles. The first kappa shape index (κ1) is 29.9. The van der Waals surface area contributed by atoms with Gasteiger partial charge in [-0.15, -0.1) is 11.8 Å². The highest BCUT2D eigenvalue weighted by Gasteiger charge is 2.39. The highest BCUT2D eigenvalue weighted by atomic mass is 32.2. The number of ether oxygens (including phenoxy) is 1. The average molecular weight is 593 g/mol. The van der Waals surface area contributed by atoms with Crippen LogP contribution in [0.2, 0.25) is 18.1 Å². The summed E-state index contributed by atoms with van der Waals surface area (Å²) in [4.78, 5) is 17.0. The number of carbonyl (C=O) groups is 1. The van der Waals surface area contributed by atoms with Crippen LogP contribution >= 0.6 is 11.8 Å². The molecule has 3 heterocycles. The maximum Gasteiger partial charge on any atom is 0.337 e. The lowest BCUT2D eigenvalue weighted by Crippen LogP contribution is -2.44. The zero-order valence-electron chi connectivity index (χ0n) is 25.5. The minimum Gasteiger partial charge on any atom is -0.465 e. The Morgan fingerprint density at radius 2 is 1.98 bits per heavy atom. The Kier molecular flexibility index (Phi) is 8.69. The fraction of sp³-hybridized carbons (Fsp3) is 0.531. The van der Waals surface area contributed by atoms with Gasteiger partial charge in [-0.25, -0.2) is 9.48 Å². The van der Waals surface area contributed by atoms with Crippen LogP contribution in [0.15, 0.2) is 42.6 Å². The van der Waals surface area contributed by atoms with Gasteiger partial charge in [-0.1, -0.05) is 39.3 Å². The van der Waals surface area contributed by atoms with Crippen molar-refractivity contribution in [1.82, 2.24) is 14.8 Å². The zero-order chi connectivity index (χ0) is 29.4. The second kappa shape index (κ2) is 11.9. The fourth-order valence-electron chi connectivity index (χ4n) is 5.23. The third-order valence-corrected chi connectivity index (χ3v) is 15.0. The molecule has 1 saturated carbocycles. The molecule has 2 aliphatic rings. The van der Waals surface area contributed by atoms with Crippen LogP contribution in [-0.4, -0.2) is 54.6 Å². The second-order valence-electron chi connectivity index (χ2n) is 13.0. The van der Waals surface area contributed by atoms with Crippen LogP contribution in [0.4, 0.5) is 5.82 Å². The van der Waals surface area contributed by atoms with Gasteiger partial charge in [-0.3, -0.25) is 4.98 Å². The number of pyridine rings is 1. The summed E-state index contributed by atoms with van der Waals surface area (Å²) in [6.07, 6.45) is 5.63. The summed E-state index contributed by atoms with van der Waals surface area (Å²) >= 11 is 1.92. The summed E-state index contributed by atoms with van der Waals surface area (Å²) in [5, 5.41) is 9.34. The Morgan fingerprint density at radius 1 is 1.20 bits per heavy atom. The van der Waals surface area contributed by atoms with E-state index in [1.54, 1.807) is 0 Å². The molecule has 0 radical (unpaired) electrons. The predicted molar refractivity (Wildman–Crippen MR) is 170 cm³/mol. The molecule has 0 bridgehead atoms. The van der Waals surface area contributed by atoms with Crippen molar-refractivity contribution in [2.75, 3.05) is 24.8 Å². The molecule has 0 spiro atoms. The van der Waals surface area contributed by atoms with Crippen LogP contribution in [0.5, 0.6) is 0 Å². The third-order valence-electron chi connectivity index (χ3n) is 9.04. The van der Waals surface area contributed by atoms with Crippen molar-refractivity contribution >= 4 is 31.9 Å². The van der Waals surface area contributed by atoms with Crippen LogP contribution in [-0.2, 0) is 15.7 Å². The molecule has 0 amide bonds. The minimum atomic E-state index is -1.92. The molecule has 5 rings (SSSR count). The van der Waals surface area contributed by atoms with E-state index in [0.717, 1.165) is 40.6 Å². The highest BCUT2D eigenvalue weighted by molar-refractivity contribution is 7.99. The van der Waals surface area contributed by atoms with Crippen molar-refractivity contribution in [2.24, 2.45) is 5.92 Å². The maximum absolute atomic E-state index is 12.3. The van der Waals surface area contributed by atoms with E-state index in [-0.39, 0.29) is 22.3 Å². The lowest BCUT2D eigenvalue weighted by atomic mass is 9.85. The third kappa shape index (κ3) is 6.27.